The smallest absolute Gasteiger partial charge is 0.0704 e. The summed E-state index contributed by atoms with van der Waals surface area (Å²) >= 11 is 5.30. The zero-order chi connectivity index (χ0) is 9.80. The maximum atomic E-state index is 3.49. The van der Waals surface area contributed by atoms with Crippen molar-refractivity contribution in [1.82, 2.24) is 5.32 Å². The highest BCUT2D eigenvalue weighted by Crippen LogP contribution is 2.26. The Labute approximate surface area is 97.3 Å². The van der Waals surface area contributed by atoms with Gasteiger partial charge >= 0.3 is 0 Å². The lowest BCUT2D eigenvalue weighted by Crippen LogP contribution is -2.13. The standard InChI is InChI=1S/C11H14BrNS/c12-11-4-3-10(14-11)8-9-2-1-6-13-7-5-9/h3-4,8,13H,1-2,5-7H2/b9-8-. The average molecular weight is 272 g/mol. The van der Waals surface area contributed by atoms with Gasteiger partial charge in [-0.25, -0.2) is 0 Å². The Morgan fingerprint density at radius 2 is 2.21 bits per heavy atom. The molecule has 0 unspecified atom stereocenters. The first kappa shape index (κ1) is 10.4. The summed E-state index contributed by atoms with van der Waals surface area (Å²) in [7, 11) is 0. The summed E-state index contributed by atoms with van der Waals surface area (Å²) in [6.07, 6.45) is 6.08. The Bertz CT molecular complexity index is 320. The van der Waals surface area contributed by atoms with E-state index in [0.29, 0.717) is 0 Å². The highest BCUT2D eigenvalue weighted by molar-refractivity contribution is 9.11. The van der Waals surface area contributed by atoms with Gasteiger partial charge in [0.2, 0.25) is 0 Å². The number of nitrogens with one attached hydrogen (secondary N) is 1. The van der Waals surface area contributed by atoms with Crippen molar-refractivity contribution < 1.29 is 0 Å². The van der Waals surface area contributed by atoms with E-state index in [1.807, 2.05) is 11.3 Å². The van der Waals surface area contributed by atoms with Gasteiger partial charge in [-0.2, -0.15) is 0 Å². The van der Waals surface area contributed by atoms with Crippen LogP contribution < -0.4 is 5.32 Å². The summed E-state index contributed by atoms with van der Waals surface area (Å²) in [5.74, 6) is 0. The van der Waals surface area contributed by atoms with Crippen LogP contribution in [0.1, 0.15) is 24.1 Å². The zero-order valence-corrected chi connectivity index (χ0v) is 10.5. The maximum absolute atomic E-state index is 3.49. The van der Waals surface area contributed by atoms with Crippen molar-refractivity contribution in [2.45, 2.75) is 19.3 Å². The van der Waals surface area contributed by atoms with Crippen LogP contribution in [0, 0.1) is 0 Å². The molecule has 2 heterocycles. The Morgan fingerprint density at radius 1 is 1.29 bits per heavy atom. The molecule has 2 rings (SSSR count). The largest absolute Gasteiger partial charge is 0.316 e. The number of halogens is 1. The Kier molecular flexibility index (Phi) is 3.79. The van der Waals surface area contributed by atoms with Crippen molar-refractivity contribution in [1.29, 1.82) is 0 Å². The average Bonchev–Trinajstić information content (AvgIpc) is 2.43. The third-order valence-corrected chi connectivity index (χ3v) is 3.99. The third-order valence-electron chi connectivity index (χ3n) is 2.41. The van der Waals surface area contributed by atoms with Gasteiger partial charge in [-0.05, 0) is 66.5 Å². The van der Waals surface area contributed by atoms with E-state index in [1.54, 1.807) is 5.57 Å². The third kappa shape index (κ3) is 2.94. The molecular formula is C11H14BrNS. The predicted octanol–water partition coefficient (Wildman–Crippen LogP) is 3.67. The van der Waals surface area contributed by atoms with Crippen molar-refractivity contribution in [3.8, 4) is 0 Å². The lowest BCUT2D eigenvalue weighted by molar-refractivity contribution is 0.703. The molecule has 1 aliphatic rings. The summed E-state index contributed by atoms with van der Waals surface area (Å²) in [6.45, 7) is 2.31. The van der Waals surface area contributed by atoms with Crippen LogP contribution in [-0.4, -0.2) is 13.1 Å². The van der Waals surface area contributed by atoms with Gasteiger partial charge in [0.05, 0.1) is 3.79 Å². The van der Waals surface area contributed by atoms with E-state index in [1.165, 1.54) is 34.5 Å². The fourth-order valence-electron chi connectivity index (χ4n) is 1.69. The zero-order valence-electron chi connectivity index (χ0n) is 8.05. The molecule has 1 saturated heterocycles. The van der Waals surface area contributed by atoms with E-state index in [4.69, 9.17) is 0 Å². The first-order chi connectivity index (χ1) is 6.84. The number of rotatable bonds is 1. The number of hydrogen-bond donors (Lipinski definition) is 1. The highest BCUT2D eigenvalue weighted by Gasteiger charge is 2.04. The van der Waals surface area contributed by atoms with Gasteiger partial charge in [-0.1, -0.05) is 5.57 Å². The molecule has 1 N–H and O–H groups in total. The van der Waals surface area contributed by atoms with Crippen LogP contribution in [0.15, 0.2) is 21.5 Å². The van der Waals surface area contributed by atoms with Crippen molar-refractivity contribution in [2.75, 3.05) is 13.1 Å². The monoisotopic (exact) mass is 271 g/mol. The quantitative estimate of drug-likeness (QED) is 0.822. The van der Waals surface area contributed by atoms with Crippen LogP contribution in [0.4, 0.5) is 0 Å². The molecule has 3 heteroatoms. The molecule has 1 aliphatic heterocycles. The van der Waals surface area contributed by atoms with Gasteiger partial charge in [-0.15, -0.1) is 11.3 Å². The summed E-state index contributed by atoms with van der Waals surface area (Å²) in [5.41, 5.74) is 1.59. The van der Waals surface area contributed by atoms with Gasteiger partial charge in [0.25, 0.3) is 0 Å². The molecule has 1 nitrogen and oxygen atoms in total. The highest BCUT2D eigenvalue weighted by atomic mass is 79.9. The first-order valence-electron chi connectivity index (χ1n) is 5.00. The van der Waals surface area contributed by atoms with E-state index in [2.05, 4.69) is 39.5 Å². The van der Waals surface area contributed by atoms with Crippen LogP contribution in [-0.2, 0) is 0 Å². The molecule has 0 spiro atoms. The topological polar surface area (TPSA) is 12.0 Å². The Morgan fingerprint density at radius 3 is 3.00 bits per heavy atom. The minimum atomic E-state index is 1.14. The lowest BCUT2D eigenvalue weighted by atomic mass is 10.1. The molecule has 0 radical (unpaired) electrons. The molecule has 76 valence electrons. The van der Waals surface area contributed by atoms with Crippen molar-refractivity contribution in [3.05, 3.63) is 26.4 Å². The first-order valence-corrected chi connectivity index (χ1v) is 6.61. The second kappa shape index (κ2) is 5.10. The molecule has 0 bridgehead atoms. The second-order valence-corrected chi connectivity index (χ2v) is 6.04. The van der Waals surface area contributed by atoms with E-state index in [9.17, 15) is 0 Å². The molecular weight excluding hydrogens is 258 g/mol. The summed E-state index contributed by atoms with van der Waals surface area (Å²) < 4.78 is 1.22. The van der Waals surface area contributed by atoms with E-state index in [-0.39, 0.29) is 0 Å². The number of thiophene rings is 1. The summed E-state index contributed by atoms with van der Waals surface area (Å²) in [4.78, 5) is 1.37. The minimum absolute atomic E-state index is 1.14. The molecule has 1 aromatic rings. The molecule has 0 aliphatic carbocycles. The van der Waals surface area contributed by atoms with Crippen molar-refractivity contribution in [2.24, 2.45) is 0 Å². The molecule has 14 heavy (non-hydrogen) atoms. The van der Waals surface area contributed by atoms with Crippen LogP contribution in [0.25, 0.3) is 6.08 Å². The molecule has 1 aromatic heterocycles. The van der Waals surface area contributed by atoms with Crippen molar-refractivity contribution >= 4 is 33.3 Å². The summed E-state index contributed by atoms with van der Waals surface area (Å²) in [5, 5.41) is 3.42. The van der Waals surface area contributed by atoms with Gasteiger partial charge in [0.15, 0.2) is 0 Å². The van der Waals surface area contributed by atoms with Gasteiger partial charge in [0.1, 0.15) is 0 Å². The normalized spacial score (nSPS) is 21.1. The van der Waals surface area contributed by atoms with Gasteiger partial charge < -0.3 is 5.32 Å². The van der Waals surface area contributed by atoms with E-state index < -0.39 is 0 Å². The molecule has 0 atom stereocenters. The van der Waals surface area contributed by atoms with Crippen molar-refractivity contribution in [3.63, 3.8) is 0 Å². The predicted molar refractivity (Wildman–Crippen MR) is 66.7 cm³/mol. The van der Waals surface area contributed by atoms with Crippen LogP contribution in [0.5, 0.6) is 0 Å². The lowest BCUT2D eigenvalue weighted by Gasteiger charge is -1.99. The molecule has 0 amide bonds. The Hall–Kier alpha value is -0.120. The van der Waals surface area contributed by atoms with E-state index >= 15 is 0 Å². The molecule has 1 fully saturated rings. The minimum Gasteiger partial charge on any atom is -0.316 e. The Balaban J connectivity index is 2.08. The SMILES string of the molecule is Brc1ccc(/C=C2/CCCNCC2)s1. The maximum Gasteiger partial charge on any atom is 0.0704 e. The van der Waals surface area contributed by atoms with Crippen LogP contribution >= 0.6 is 27.3 Å². The molecule has 0 aromatic carbocycles. The van der Waals surface area contributed by atoms with E-state index in [0.717, 1.165) is 6.54 Å². The number of hydrogen-bond acceptors (Lipinski definition) is 2. The van der Waals surface area contributed by atoms with Gasteiger partial charge in [-0.3, -0.25) is 0 Å². The second-order valence-electron chi connectivity index (χ2n) is 3.55. The van der Waals surface area contributed by atoms with Crippen LogP contribution in [0.2, 0.25) is 0 Å². The summed E-state index contributed by atoms with van der Waals surface area (Å²) in [6, 6.07) is 4.30. The molecule has 0 saturated carbocycles. The van der Waals surface area contributed by atoms with Crippen LogP contribution in [0.3, 0.4) is 0 Å². The fraction of sp³-hybridized carbons (Fsp3) is 0.455. The van der Waals surface area contributed by atoms with Gasteiger partial charge in [0, 0.05) is 4.88 Å². The fourth-order valence-corrected chi connectivity index (χ4v) is 3.11.